The Morgan fingerprint density at radius 2 is 1.71 bits per heavy atom. The van der Waals surface area contributed by atoms with Crippen LogP contribution in [-0.4, -0.2) is 5.91 Å². The van der Waals surface area contributed by atoms with Crippen molar-refractivity contribution in [3.05, 3.63) is 62.0 Å². The topological polar surface area (TPSA) is 55.1 Å². The quantitative estimate of drug-likeness (QED) is 0.782. The third-order valence-corrected chi connectivity index (χ3v) is 4.54. The lowest BCUT2D eigenvalue weighted by Gasteiger charge is -2.20. The molecule has 0 spiro atoms. The van der Waals surface area contributed by atoms with E-state index in [1.54, 1.807) is 0 Å². The Bertz CT molecular complexity index is 695. The minimum absolute atomic E-state index is 0.0791. The average Bonchev–Trinajstić information content (AvgIpc) is 2.45. The highest BCUT2D eigenvalue weighted by molar-refractivity contribution is 9.11. The zero-order chi connectivity index (χ0) is 15.0. The molecule has 2 aromatic carbocycles. The summed E-state index contributed by atoms with van der Waals surface area (Å²) in [5.74, 6) is 0.0791. The summed E-state index contributed by atoms with van der Waals surface area (Å²) in [6, 6.07) is 11.8. The second-order valence-corrected chi connectivity index (χ2v) is 6.98. The molecule has 3 N–H and O–H groups in total. The summed E-state index contributed by atoms with van der Waals surface area (Å²) in [6.45, 7) is 0. The molecule has 1 aliphatic rings. The molecule has 0 aliphatic carbocycles. The van der Waals surface area contributed by atoms with Crippen LogP contribution in [0.2, 0.25) is 0 Å². The van der Waals surface area contributed by atoms with E-state index in [-0.39, 0.29) is 11.9 Å². The predicted octanol–water partition coefficient (Wildman–Crippen LogP) is 4.14. The van der Waals surface area contributed by atoms with Crippen molar-refractivity contribution >= 4 is 43.5 Å². The molecule has 0 radical (unpaired) electrons. The zero-order valence-electron chi connectivity index (χ0n) is 11.2. The third kappa shape index (κ3) is 3.20. The Balaban J connectivity index is 1.94. The highest BCUT2D eigenvalue weighted by Gasteiger charge is 2.17. The summed E-state index contributed by atoms with van der Waals surface area (Å²) in [5.41, 5.74) is 10.5. The molecule has 5 heteroatoms. The number of hydrogen-bond donors (Lipinski definition) is 2. The van der Waals surface area contributed by atoms with Crippen LogP contribution in [0, 0.1) is 0 Å². The number of rotatable bonds is 2. The maximum absolute atomic E-state index is 11.4. The fourth-order valence-electron chi connectivity index (χ4n) is 2.54. The molecule has 108 valence electrons. The van der Waals surface area contributed by atoms with Gasteiger partial charge in [0, 0.05) is 21.1 Å². The smallest absolute Gasteiger partial charge is 0.224 e. The summed E-state index contributed by atoms with van der Waals surface area (Å²) in [5, 5.41) is 2.89. The molecule has 1 amide bonds. The second-order valence-electron chi connectivity index (χ2n) is 5.15. The van der Waals surface area contributed by atoms with Crippen molar-refractivity contribution in [2.45, 2.75) is 18.9 Å². The number of benzene rings is 2. The predicted molar refractivity (Wildman–Crippen MR) is 91.3 cm³/mol. The lowest BCUT2D eigenvalue weighted by atomic mass is 9.94. The molecule has 2 aromatic rings. The Hall–Kier alpha value is -1.17. The van der Waals surface area contributed by atoms with E-state index in [2.05, 4.69) is 43.2 Å². The van der Waals surface area contributed by atoms with E-state index in [4.69, 9.17) is 5.73 Å². The van der Waals surface area contributed by atoms with Gasteiger partial charge in [-0.05, 0) is 47.4 Å². The van der Waals surface area contributed by atoms with Crippen molar-refractivity contribution in [2.24, 2.45) is 5.73 Å². The van der Waals surface area contributed by atoms with Crippen molar-refractivity contribution < 1.29 is 4.79 Å². The van der Waals surface area contributed by atoms with E-state index in [0.717, 1.165) is 37.7 Å². The SMILES string of the molecule is NC(c1cc(Br)cc(Br)c1)c1ccc2c(c1)CCC(=O)N2. The molecule has 1 unspecified atom stereocenters. The molecule has 1 heterocycles. The van der Waals surface area contributed by atoms with Crippen LogP contribution >= 0.6 is 31.9 Å². The minimum atomic E-state index is -0.193. The van der Waals surface area contributed by atoms with Crippen LogP contribution in [0.5, 0.6) is 0 Å². The Kier molecular flexibility index (Phi) is 4.15. The number of nitrogens with two attached hydrogens (primary N) is 1. The van der Waals surface area contributed by atoms with Gasteiger partial charge < -0.3 is 11.1 Å². The minimum Gasteiger partial charge on any atom is -0.326 e. The van der Waals surface area contributed by atoms with Crippen LogP contribution in [0.1, 0.15) is 29.2 Å². The molecule has 0 saturated carbocycles. The Morgan fingerprint density at radius 1 is 1.00 bits per heavy atom. The van der Waals surface area contributed by atoms with Gasteiger partial charge in [-0.3, -0.25) is 4.79 Å². The monoisotopic (exact) mass is 408 g/mol. The fraction of sp³-hybridized carbons (Fsp3) is 0.188. The highest BCUT2D eigenvalue weighted by Crippen LogP contribution is 2.30. The van der Waals surface area contributed by atoms with Gasteiger partial charge in [-0.15, -0.1) is 0 Å². The summed E-state index contributed by atoms with van der Waals surface area (Å²) in [4.78, 5) is 11.4. The van der Waals surface area contributed by atoms with Gasteiger partial charge in [-0.25, -0.2) is 0 Å². The first-order valence-electron chi connectivity index (χ1n) is 6.67. The van der Waals surface area contributed by atoms with Gasteiger partial charge in [0.2, 0.25) is 5.91 Å². The maximum Gasteiger partial charge on any atom is 0.224 e. The molecule has 0 bridgehead atoms. The Labute approximate surface area is 140 Å². The van der Waals surface area contributed by atoms with Crippen LogP contribution in [0.4, 0.5) is 5.69 Å². The van der Waals surface area contributed by atoms with Gasteiger partial charge in [0.1, 0.15) is 0 Å². The number of fused-ring (bicyclic) bond motifs is 1. The van der Waals surface area contributed by atoms with Crippen molar-refractivity contribution in [1.29, 1.82) is 0 Å². The first-order chi connectivity index (χ1) is 10.0. The molecular weight excluding hydrogens is 396 g/mol. The summed E-state index contributed by atoms with van der Waals surface area (Å²) in [6.07, 6.45) is 1.30. The average molecular weight is 410 g/mol. The number of nitrogens with one attached hydrogen (secondary N) is 1. The van der Waals surface area contributed by atoms with E-state index in [1.165, 1.54) is 0 Å². The van der Waals surface area contributed by atoms with E-state index in [9.17, 15) is 4.79 Å². The number of anilines is 1. The maximum atomic E-state index is 11.4. The van der Waals surface area contributed by atoms with Crippen molar-refractivity contribution in [3.8, 4) is 0 Å². The number of amides is 1. The first-order valence-corrected chi connectivity index (χ1v) is 8.26. The van der Waals surface area contributed by atoms with Gasteiger partial charge in [-0.1, -0.05) is 44.0 Å². The van der Waals surface area contributed by atoms with Gasteiger partial charge in [0.05, 0.1) is 6.04 Å². The van der Waals surface area contributed by atoms with Gasteiger partial charge in [0.25, 0.3) is 0 Å². The largest absolute Gasteiger partial charge is 0.326 e. The molecule has 0 saturated heterocycles. The van der Waals surface area contributed by atoms with Gasteiger partial charge in [-0.2, -0.15) is 0 Å². The number of hydrogen-bond acceptors (Lipinski definition) is 2. The van der Waals surface area contributed by atoms with Crippen molar-refractivity contribution in [3.63, 3.8) is 0 Å². The third-order valence-electron chi connectivity index (χ3n) is 3.63. The highest BCUT2D eigenvalue weighted by atomic mass is 79.9. The van der Waals surface area contributed by atoms with E-state index < -0.39 is 0 Å². The van der Waals surface area contributed by atoms with E-state index >= 15 is 0 Å². The molecular formula is C16H14Br2N2O. The summed E-state index contributed by atoms with van der Waals surface area (Å²) < 4.78 is 1.99. The standard InChI is InChI=1S/C16H14Br2N2O/c17-12-6-11(7-13(18)8-12)16(19)10-1-3-14-9(5-10)2-4-15(21)20-14/h1,3,5-8,16H,2,4,19H2,(H,20,21). The van der Waals surface area contributed by atoms with Crippen molar-refractivity contribution in [1.82, 2.24) is 0 Å². The molecule has 21 heavy (non-hydrogen) atoms. The molecule has 1 atom stereocenters. The van der Waals surface area contributed by atoms with Crippen molar-refractivity contribution in [2.75, 3.05) is 5.32 Å². The lowest BCUT2D eigenvalue weighted by molar-refractivity contribution is -0.116. The van der Waals surface area contributed by atoms with E-state index in [1.807, 2.05) is 30.3 Å². The van der Waals surface area contributed by atoms with Crippen LogP contribution in [0.3, 0.4) is 0 Å². The van der Waals surface area contributed by atoms with Crippen LogP contribution in [0.25, 0.3) is 0 Å². The molecule has 0 aromatic heterocycles. The number of carbonyl (C=O) groups is 1. The number of carbonyl (C=O) groups excluding carboxylic acids is 1. The van der Waals surface area contributed by atoms with Crippen LogP contribution in [-0.2, 0) is 11.2 Å². The Morgan fingerprint density at radius 3 is 2.43 bits per heavy atom. The second kappa shape index (κ2) is 5.91. The fourth-order valence-corrected chi connectivity index (χ4v) is 3.87. The van der Waals surface area contributed by atoms with E-state index in [0.29, 0.717) is 6.42 Å². The molecule has 3 rings (SSSR count). The van der Waals surface area contributed by atoms with Gasteiger partial charge in [0.15, 0.2) is 0 Å². The molecule has 1 aliphatic heterocycles. The zero-order valence-corrected chi connectivity index (χ0v) is 14.4. The van der Waals surface area contributed by atoms with Crippen LogP contribution < -0.4 is 11.1 Å². The number of aryl methyl sites for hydroxylation is 1. The normalized spacial score (nSPS) is 15.3. The molecule has 3 nitrogen and oxygen atoms in total. The summed E-state index contributed by atoms with van der Waals surface area (Å²) in [7, 11) is 0. The lowest BCUT2D eigenvalue weighted by Crippen LogP contribution is -2.20. The van der Waals surface area contributed by atoms with Crippen LogP contribution in [0.15, 0.2) is 45.3 Å². The number of halogens is 2. The first kappa shape index (κ1) is 14.8. The molecule has 0 fully saturated rings. The summed E-state index contributed by atoms with van der Waals surface area (Å²) >= 11 is 6.97. The van der Waals surface area contributed by atoms with Gasteiger partial charge >= 0.3 is 0 Å².